The molecule has 1 amide bonds. The van der Waals surface area contributed by atoms with E-state index in [4.69, 9.17) is 0 Å². The zero-order chi connectivity index (χ0) is 23.6. The number of aryl methyl sites for hydroxylation is 1. The molecule has 3 aromatic rings. The van der Waals surface area contributed by atoms with Crippen LogP contribution in [0.25, 0.3) is 5.69 Å². The van der Waals surface area contributed by atoms with Crippen LogP contribution in [-0.4, -0.2) is 46.5 Å². The Morgan fingerprint density at radius 1 is 1.12 bits per heavy atom. The second kappa shape index (κ2) is 9.44. The Bertz CT molecular complexity index is 1230. The van der Waals surface area contributed by atoms with Gasteiger partial charge < -0.3 is 5.32 Å². The van der Waals surface area contributed by atoms with Gasteiger partial charge in [0.2, 0.25) is 10.0 Å². The molecule has 33 heavy (non-hydrogen) atoms. The van der Waals surface area contributed by atoms with Crippen LogP contribution in [0.2, 0.25) is 0 Å². The van der Waals surface area contributed by atoms with E-state index in [0.717, 1.165) is 29.7 Å². The summed E-state index contributed by atoms with van der Waals surface area (Å²) in [5.74, 6) is 0.226. The standard InChI is InChI=1S/C24H29N5O3S/c1-17-8-10-28(11-9-17)33(31,32)23-13-21(12-18(2)19(23)3)24(30)26-14-20-4-6-22(7-5-20)29-16-25-15-27-29/h4-7,12-13,15-17H,8-11,14H2,1-3H3,(H,26,30). The van der Waals surface area contributed by atoms with Gasteiger partial charge in [0.05, 0.1) is 10.6 Å². The third kappa shape index (κ3) is 4.99. The molecule has 4 rings (SSSR count). The van der Waals surface area contributed by atoms with E-state index >= 15 is 0 Å². The Morgan fingerprint density at radius 2 is 1.82 bits per heavy atom. The quantitative estimate of drug-likeness (QED) is 0.600. The third-order valence-corrected chi connectivity index (χ3v) is 8.34. The number of piperidine rings is 1. The van der Waals surface area contributed by atoms with Crippen LogP contribution in [0.4, 0.5) is 0 Å². The van der Waals surface area contributed by atoms with Crippen LogP contribution in [0.1, 0.15) is 46.8 Å². The van der Waals surface area contributed by atoms with Crippen molar-refractivity contribution >= 4 is 15.9 Å². The maximum Gasteiger partial charge on any atom is 0.251 e. The number of nitrogens with zero attached hydrogens (tertiary/aromatic N) is 4. The fourth-order valence-electron chi connectivity index (χ4n) is 3.98. The highest BCUT2D eigenvalue weighted by Gasteiger charge is 2.30. The lowest BCUT2D eigenvalue weighted by atomic mass is 10.0. The van der Waals surface area contributed by atoms with Crippen LogP contribution in [0.3, 0.4) is 0 Å². The largest absolute Gasteiger partial charge is 0.348 e. The number of benzene rings is 2. The summed E-state index contributed by atoms with van der Waals surface area (Å²) in [5, 5.41) is 6.99. The van der Waals surface area contributed by atoms with Gasteiger partial charge in [-0.15, -0.1) is 0 Å². The van der Waals surface area contributed by atoms with E-state index in [1.807, 2.05) is 31.2 Å². The van der Waals surface area contributed by atoms with Crippen molar-refractivity contribution in [1.82, 2.24) is 24.4 Å². The summed E-state index contributed by atoms with van der Waals surface area (Å²) in [7, 11) is -3.65. The Morgan fingerprint density at radius 3 is 2.45 bits per heavy atom. The van der Waals surface area contributed by atoms with Crippen LogP contribution < -0.4 is 5.32 Å². The Balaban J connectivity index is 1.49. The lowest BCUT2D eigenvalue weighted by molar-refractivity contribution is 0.0950. The average Bonchev–Trinajstić information content (AvgIpc) is 3.34. The molecule has 0 unspecified atom stereocenters. The van der Waals surface area contributed by atoms with Crippen molar-refractivity contribution in [2.45, 2.75) is 45.1 Å². The number of sulfonamides is 1. The minimum Gasteiger partial charge on any atom is -0.348 e. The second-order valence-electron chi connectivity index (χ2n) is 8.69. The first kappa shape index (κ1) is 23.1. The van der Waals surface area contributed by atoms with Crippen LogP contribution in [0.15, 0.2) is 53.9 Å². The Labute approximate surface area is 194 Å². The highest BCUT2D eigenvalue weighted by molar-refractivity contribution is 7.89. The number of amides is 1. The molecule has 2 aromatic carbocycles. The number of rotatable bonds is 6. The van der Waals surface area contributed by atoms with E-state index in [9.17, 15) is 13.2 Å². The van der Waals surface area contributed by atoms with Gasteiger partial charge in [-0.1, -0.05) is 19.1 Å². The Hall–Kier alpha value is -3.04. The molecule has 0 aliphatic carbocycles. The molecule has 9 heteroatoms. The van der Waals surface area contributed by atoms with Crippen molar-refractivity contribution < 1.29 is 13.2 Å². The van der Waals surface area contributed by atoms with Gasteiger partial charge in [0.25, 0.3) is 5.91 Å². The first-order valence-corrected chi connectivity index (χ1v) is 12.5. The molecule has 1 aliphatic heterocycles. The van der Waals surface area contributed by atoms with Crippen molar-refractivity contribution in [3.8, 4) is 5.69 Å². The first-order valence-electron chi connectivity index (χ1n) is 11.1. The van der Waals surface area contributed by atoms with Gasteiger partial charge in [-0.3, -0.25) is 4.79 Å². The Kier molecular flexibility index (Phi) is 6.62. The van der Waals surface area contributed by atoms with Gasteiger partial charge in [0.15, 0.2) is 0 Å². The maximum atomic E-state index is 13.3. The van der Waals surface area contributed by atoms with Crippen LogP contribution >= 0.6 is 0 Å². The van der Waals surface area contributed by atoms with Crippen molar-refractivity contribution in [2.75, 3.05) is 13.1 Å². The van der Waals surface area contributed by atoms with E-state index in [0.29, 0.717) is 36.7 Å². The monoisotopic (exact) mass is 467 g/mol. The molecule has 2 heterocycles. The van der Waals surface area contributed by atoms with E-state index in [1.165, 1.54) is 12.4 Å². The van der Waals surface area contributed by atoms with Gasteiger partial charge in [-0.25, -0.2) is 18.1 Å². The topological polar surface area (TPSA) is 97.2 Å². The summed E-state index contributed by atoms with van der Waals surface area (Å²) in [4.78, 5) is 17.0. The summed E-state index contributed by atoms with van der Waals surface area (Å²) in [6.07, 6.45) is 4.80. The van der Waals surface area contributed by atoms with Crippen molar-refractivity contribution in [2.24, 2.45) is 5.92 Å². The summed E-state index contributed by atoms with van der Waals surface area (Å²) < 4.78 is 29.9. The minimum absolute atomic E-state index is 0.222. The zero-order valence-electron chi connectivity index (χ0n) is 19.2. The molecule has 8 nitrogen and oxygen atoms in total. The number of carbonyl (C=O) groups excluding carboxylic acids is 1. The van der Waals surface area contributed by atoms with E-state index in [1.54, 1.807) is 28.3 Å². The fraction of sp³-hybridized carbons (Fsp3) is 0.375. The maximum absolute atomic E-state index is 13.3. The summed E-state index contributed by atoms with van der Waals surface area (Å²) >= 11 is 0. The summed E-state index contributed by atoms with van der Waals surface area (Å²) in [6, 6.07) is 10.9. The highest BCUT2D eigenvalue weighted by atomic mass is 32.2. The lowest BCUT2D eigenvalue weighted by Crippen LogP contribution is -2.38. The molecule has 0 saturated carbocycles. The van der Waals surface area contributed by atoms with E-state index in [-0.39, 0.29) is 10.8 Å². The molecule has 1 aromatic heterocycles. The van der Waals surface area contributed by atoms with Crippen LogP contribution in [-0.2, 0) is 16.6 Å². The van der Waals surface area contributed by atoms with Gasteiger partial charge in [0, 0.05) is 25.2 Å². The summed E-state index contributed by atoms with van der Waals surface area (Å²) in [6.45, 7) is 7.15. The normalized spacial score (nSPS) is 15.5. The SMILES string of the molecule is Cc1cc(C(=O)NCc2ccc(-n3cncn3)cc2)cc(S(=O)(=O)N2CCC(C)CC2)c1C. The zero-order valence-corrected chi connectivity index (χ0v) is 20.0. The van der Waals surface area contributed by atoms with E-state index < -0.39 is 10.0 Å². The van der Waals surface area contributed by atoms with Gasteiger partial charge in [0.1, 0.15) is 12.7 Å². The second-order valence-corrected chi connectivity index (χ2v) is 10.6. The fourth-order valence-corrected chi connectivity index (χ4v) is 5.78. The molecular weight excluding hydrogens is 438 g/mol. The van der Waals surface area contributed by atoms with Crippen molar-refractivity contribution in [3.05, 3.63) is 71.3 Å². The van der Waals surface area contributed by atoms with E-state index in [2.05, 4.69) is 22.3 Å². The molecule has 174 valence electrons. The third-order valence-electron chi connectivity index (χ3n) is 6.32. The predicted molar refractivity (Wildman–Crippen MR) is 126 cm³/mol. The molecule has 0 radical (unpaired) electrons. The molecule has 0 bridgehead atoms. The average molecular weight is 468 g/mol. The molecule has 1 fully saturated rings. The van der Waals surface area contributed by atoms with Gasteiger partial charge in [-0.2, -0.15) is 9.40 Å². The number of hydrogen-bond acceptors (Lipinski definition) is 5. The summed E-state index contributed by atoms with van der Waals surface area (Å²) in [5.41, 5.74) is 3.61. The van der Waals surface area contributed by atoms with Crippen LogP contribution in [0, 0.1) is 19.8 Å². The molecule has 0 atom stereocenters. The van der Waals surface area contributed by atoms with Crippen LogP contribution in [0.5, 0.6) is 0 Å². The molecule has 1 N–H and O–H groups in total. The number of nitrogens with one attached hydrogen (secondary N) is 1. The van der Waals surface area contributed by atoms with Crippen molar-refractivity contribution in [1.29, 1.82) is 0 Å². The smallest absolute Gasteiger partial charge is 0.251 e. The number of hydrogen-bond donors (Lipinski definition) is 1. The van der Waals surface area contributed by atoms with Gasteiger partial charge in [-0.05, 0) is 73.6 Å². The number of aromatic nitrogens is 3. The van der Waals surface area contributed by atoms with Crippen molar-refractivity contribution in [3.63, 3.8) is 0 Å². The highest BCUT2D eigenvalue weighted by Crippen LogP contribution is 2.28. The lowest BCUT2D eigenvalue weighted by Gasteiger charge is -2.30. The molecule has 0 spiro atoms. The molecule has 1 aliphatic rings. The first-order chi connectivity index (χ1) is 15.8. The predicted octanol–water partition coefficient (Wildman–Crippen LogP) is 3.23. The molecule has 1 saturated heterocycles. The minimum atomic E-state index is -3.65. The van der Waals surface area contributed by atoms with Gasteiger partial charge >= 0.3 is 0 Å². The number of carbonyl (C=O) groups is 1. The molecular formula is C24H29N5O3S.